The molecule has 1 fully saturated rings. The zero-order valence-electron chi connectivity index (χ0n) is 9.47. The zero-order chi connectivity index (χ0) is 12.4. The Morgan fingerprint density at radius 2 is 2.24 bits per heavy atom. The lowest BCUT2D eigenvalue weighted by molar-refractivity contribution is -0.122. The molecule has 0 aliphatic heterocycles. The Bertz CT molecular complexity index is 424. The number of aromatic nitrogens is 1. The Balaban J connectivity index is 2.24. The maximum Gasteiger partial charge on any atom is 0.220 e. The summed E-state index contributed by atoms with van der Waals surface area (Å²) >= 11 is 6.12. The van der Waals surface area contributed by atoms with Crippen LogP contribution < -0.4 is 11.5 Å². The maximum atomic E-state index is 11.3. The van der Waals surface area contributed by atoms with Gasteiger partial charge in [-0.3, -0.25) is 9.78 Å². The topological polar surface area (TPSA) is 82.0 Å². The highest BCUT2D eigenvalue weighted by Crippen LogP contribution is 2.37. The Morgan fingerprint density at radius 1 is 1.47 bits per heavy atom. The van der Waals surface area contributed by atoms with Gasteiger partial charge in [0.1, 0.15) is 0 Å². The van der Waals surface area contributed by atoms with Gasteiger partial charge in [-0.2, -0.15) is 0 Å². The van der Waals surface area contributed by atoms with Crippen LogP contribution in [0, 0.1) is 5.92 Å². The fourth-order valence-corrected chi connectivity index (χ4v) is 2.76. The van der Waals surface area contributed by atoms with Gasteiger partial charge in [0.25, 0.3) is 0 Å². The molecule has 0 aromatic carbocycles. The molecule has 17 heavy (non-hydrogen) atoms. The van der Waals surface area contributed by atoms with Crippen molar-refractivity contribution in [3.8, 4) is 0 Å². The van der Waals surface area contributed by atoms with Crippen LogP contribution in [0.2, 0.25) is 5.02 Å². The standard InChI is InChI=1S/C12H16ClN3O/c13-10-6-16-4-3-8(10)9-5-7(12(15)17)1-2-11(9)14/h3-4,6-7,9,11H,1-2,5,14H2,(H2,15,17). The third-order valence-electron chi connectivity index (χ3n) is 3.51. The smallest absolute Gasteiger partial charge is 0.220 e. The van der Waals surface area contributed by atoms with Gasteiger partial charge in [0.2, 0.25) is 5.91 Å². The van der Waals surface area contributed by atoms with Crippen LogP contribution in [0.15, 0.2) is 18.5 Å². The minimum absolute atomic E-state index is 0.0329. The highest BCUT2D eigenvalue weighted by atomic mass is 35.5. The van der Waals surface area contributed by atoms with Crippen LogP contribution in [0.1, 0.15) is 30.7 Å². The summed E-state index contributed by atoms with van der Waals surface area (Å²) in [5, 5.41) is 0.609. The van der Waals surface area contributed by atoms with E-state index in [-0.39, 0.29) is 23.8 Å². The molecule has 4 N–H and O–H groups in total. The van der Waals surface area contributed by atoms with Crippen molar-refractivity contribution in [2.24, 2.45) is 17.4 Å². The molecule has 0 saturated heterocycles. The number of nitrogens with zero attached hydrogens (tertiary/aromatic N) is 1. The number of hydrogen-bond donors (Lipinski definition) is 2. The first kappa shape index (κ1) is 12.3. The molecular formula is C12H16ClN3O. The predicted molar refractivity (Wildman–Crippen MR) is 66.5 cm³/mol. The molecule has 1 aromatic rings. The Hall–Kier alpha value is -1.13. The van der Waals surface area contributed by atoms with Crippen LogP contribution in [0.25, 0.3) is 0 Å². The largest absolute Gasteiger partial charge is 0.369 e. The van der Waals surface area contributed by atoms with Gasteiger partial charge in [-0.25, -0.2) is 0 Å². The number of pyridine rings is 1. The molecule has 1 aliphatic carbocycles. The van der Waals surface area contributed by atoms with Crippen molar-refractivity contribution in [3.63, 3.8) is 0 Å². The number of amides is 1. The highest BCUT2D eigenvalue weighted by molar-refractivity contribution is 6.31. The van der Waals surface area contributed by atoms with Crippen molar-refractivity contribution in [2.45, 2.75) is 31.2 Å². The van der Waals surface area contributed by atoms with Crippen molar-refractivity contribution in [1.82, 2.24) is 4.98 Å². The maximum absolute atomic E-state index is 11.3. The fourth-order valence-electron chi connectivity index (χ4n) is 2.50. The Labute approximate surface area is 105 Å². The van der Waals surface area contributed by atoms with Gasteiger partial charge >= 0.3 is 0 Å². The van der Waals surface area contributed by atoms with E-state index < -0.39 is 0 Å². The molecule has 3 atom stereocenters. The van der Waals surface area contributed by atoms with E-state index >= 15 is 0 Å². The van der Waals surface area contributed by atoms with E-state index in [1.54, 1.807) is 12.4 Å². The summed E-state index contributed by atoms with van der Waals surface area (Å²) in [6.45, 7) is 0. The van der Waals surface area contributed by atoms with Crippen LogP contribution in [-0.4, -0.2) is 16.9 Å². The minimum atomic E-state index is -0.243. The van der Waals surface area contributed by atoms with E-state index in [0.717, 1.165) is 18.4 Å². The number of rotatable bonds is 2. The van der Waals surface area contributed by atoms with Crippen LogP contribution in [0.4, 0.5) is 0 Å². The normalized spacial score (nSPS) is 28.9. The third-order valence-corrected chi connectivity index (χ3v) is 3.83. The molecule has 1 saturated carbocycles. The van der Waals surface area contributed by atoms with Crippen LogP contribution in [0.3, 0.4) is 0 Å². The molecule has 5 heteroatoms. The molecule has 1 aromatic heterocycles. The molecule has 0 spiro atoms. The molecule has 0 bridgehead atoms. The van der Waals surface area contributed by atoms with Gasteiger partial charge in [0, 0.05) is 30.3 Å². The molecule has 1 amide bonds. The van der Waals surface area contributed by atoms with E-state index in [1.165, 1.54) is 0 Å². The second-order valence-electron chi connectivity index (χ2n) is 4.58. The van der Waals surface area contributed by atoms with E-state index in [1.807, 2.05) is 6.07 Å². The zero-order valence-corrected chi connectivity index (χ0v) is 10.2. The quantitative estimate of drug-likeness (QED) is 0.837. The molecule has 3 unspecified atom stereocenters. The summed E-state index contributed by atoms with van der Waals surface area (Å²) in [7, 11) is 0. The molecule has 92 valence electrons. The van der Waals surface area contributed by atoms with Gasteiger partial charge in [-0.05, 0) is 30.9 Å². The van der Waals surface area contributed by atoms with Gasteiger partial charge in [0.15, 0.2) is 0 Å². The number of primary amides is 1. The fraction of sp³-hybridized carbons (Fsp3) is 0.500. The SMILES string of the molecule is NC(=O)C1CCC(N)C(c2ccncc2Cl)C1. The third kappa shape index (κ3) is 2.58. The first-order chi connectivity index (χ1) is 8.09. The van der Waals surface area contributed by atoms with Crippen molar-refractivity contribution >= 4 is 17.5 Å². The molecule has 4 nitrogen and oxygen atoms in total. The molecule has 0 radical (unpaired) electrons. The van der Waals surface area contributed by atoms with Crippen molar-refractivity contribution in [3.05, 3.63) is 29.0 Å². The second kappa shape index (κ2) is 5.02. The van der Waals surface area contributed by atoms with Crippen molar-refractivity contribution < 1.29 is 4.79 Å². The predicted octanol–water partition coefficient (Wildman–Crippen LogP) is 1.43. The van der Waals surface area contributed by atoms with E-state index in [2.05, 4.69) is 4.98 Å². The summed E-state index contributed by atoms with van der Waals surface area (Å²) in [6.07, 6.45) is 5.56. The molecular weight excluding hydrogens is 238 g/mol. The summed E-state index contributed by atoms with van der Waals surface area (Å²) in [4.78, 5) is 15.2. The van der Waals surface area contributed by atoms with Gasteiger partial charge in [0.05, 0.1) is 5.02 Å². The van der Waals surface area contributed by atoms with Gasteiger partial charge in [-0.15, -0.1) is 0 Å². The summed E-state index contributed by atoms with van der Waals surface area (Å²) in [6, 6.07) is 1.90. The Kier molecular flexibility index (Phi) is 3.64. The number of halogens is 1. The molecule has 1 heterocycles. The lowest BCUT2D eigenvalue weighted by Gasteiger charge is -2.33. The highest BCUT2D eigenvalue weighted by Gasteiger charge is 2.32. The number of nitrogens with two attached hydrogens (primary N) is 2. The number of hydrogen-bond acceptors (Lipinski definition) is 3. The second-order valence-corrected chi connectivity index (χ2v) is 4.99. The summed E-state index contributed by atoms with van der Waals surface area (Å²) in [5.74, 6) is -0.243. The van der Waals surface area contributed by atoms with Gasteiger partial charge in [-0.1, -0.05) is 11.6 Å². The first-order valence-corrected chi connectivity index (χ1v) is 6.11. The summed E-state index contributed by atoms with van der Waals surface area (Å²) < 4.78 is 0. The van der Waals surface area contributed by atoms with Crippen molar-refractivity contribution in [2.75, 3.05) is 0 Å². The van der Waals surface area contributed by atoms with E-state index in [0.29, 0.717) is 11.4 Å². The van der Waals surface area contributed by atoms with Crippen LogP contribution in [0.5, 0.6) is 0 Å². The van der Waals surface area contributed by atoms with E-state index in [4.69, 9.17) is 23.1 Å². The first-order valence-electron chi connectivity index (χ1n) is 5.74. The monoisotopic (exact) mass is 253 g/mol. The van der Waals surface area contributed by atoms with Crippen LogP contribution in [-0.2, 0) is 4.79 Å². The Morgan fingerprint density at radius 3 is 2.88 bits per heavy atom. The number of carbonyl (C=O) groups is 1. The molecule has 1 aliphatic rings. The van der Waals surface area contributed by atoms with Crippen LogP contribution >= 0.6 is 11.6 Å². The lowest BCUT2D eigenvalue weighted by Crippen LogP contribution is -2.38. The molecule has 2 rings (SSSR count). The van der Waals surface area contributed by atoms with Gasteiger partial charge < -0.3 is 11.5 Å². The lowest BCUT2D eigenvalue weighted by atomic mass is 9.75. The minimum Gasteiger partial charge on any atom is -0.369 e. The summed E-state index contributed by atoms with van der Waals surface area (Å²) in [5.41, 5.74) is 12.4. The average molecular weight is 254 g/mol. The van der Waals surface area contributed by atoms with Crippen molar-refractivity contribution in [1.29, 1.82) is 0 Å². The number of carbonyl (C=O) groups excluding carboxylic acids is 1. The van der Waals surface area contributed by atoms with E-state index in [9.17, 15) is 4.79 Å². The average Bonchev–Trinajstić information content (AvgIpc) is 2.30.